The van der Waals surface area contributed by atoms with Crippen molar-refractivity contribution in [1.29, 1.82) is 0 Å². The van der Waals surface area contributed by atoms with E-state index >= 15 is 0 Å². The molecule has 0 fully saturated rings. The molecule has 0 aliphatic rings. The zero-order valence-corrected chi connectivity index (χ0v) is 14.0. The Balaban J connectivity index is 2.08. The lowest BCUT2D eigenvalue weighted by Gasteiger charge is -2.22. The third kappa shape index (κ3) is 3.70. The molecule has 0 unspecified atom stereocenters. The summed E-state index contributed by atoms with van der Waals surface area (Å²) in [6, 6.07) is 12.8. The number of carbonyl (C=O) groups excluding carboxylic acids is 1. The third-order valence-corrected chi connectivity index (χ3v) is 3.94. The van der Waals surface area contributed by atoms with E-state index in [2.05, 4.69) is 4.98 Å². The monoisotopic (exact) mass is 340 g/mol. The first-order chi connectivity index (χ1) is 12.2. The second kappa shape index (κ2) is 7.92. The summed E-state index contributed by atoms with van der Waals surface area (Å²) in [4.78, 5) is 19.2. The maximum atomic E-state index is 13.1. The van der Waals surface area contributed by atoms with E-state index in [1.165, 1.54) is 0 Å². The van der Waals surface area contributed by atoms with Gasteiger partial charge in [-0.2, -0.15) is 0 Å². The van der Waals surface area contributed by atoms with Crippen molar-refractivity contribution in [3.63, 3.8) is 0 Å². The summed E-state index contributed by atoms with van der Waals surface area (Å²) in [5.41, 5.74) is 1.85. The normalized spacial score (nSPS) is 11.0. The average Bonchev–Trinajstić information content (AvgIpc) is 3.18. The molecule has 6 heteroatoms. The Morgan fingerprint density at radius 1 is 1.24 bits per heavy atom. The first kappa shape index (κ1) is 17.1. The number of hydrogen-bond acceptors (Lipinski definition) is 5. The van der Waals surface area contributed by atoms with Gasteiger partial charge in [0.15, 0.2) is 5.76 Å². The minimum Gasteiger partial charge on any atom is -0.463 e. The molecule has 1 N–H and O–H groups in total. The van der Waals surface area contributed by atoms with Gasteiger partial charge in [0.2, 0.25) is 0 Å². The highest BCUT2D eigenvalue weighted by Gasteiger charge is 2.20. The van der Waals surface area contributed by atoms with Crippen molar-refractivity contribution in [2.24, 2.45) is 0 Å². The molecule has 0 spiro atoms. The molecule has 1 aromatic carbocycles. The van der Waals surface area contributed by atoms with E-state index in [4.69, 9.17) is 9.15 Å². The van der Waals surface area contributed by atoms with Gasteiger partial charge in [0.25, 0.3) is 5.91 Å². The summed E-state index contributed by atoms with van der Waals surface area (Å²) in [6.07, 6.45) is 1.57. The van der Waals surface area contributed by atoms with Crippen LogP contribution in [-0.4, -0.2) is 54.3 Å². The van der Waals surface area contributed by atoms with Gasteiger partial charge in [-0.25, -0.2) is 4.98 Å². The highest BCUT2D eigenvalue weighted by molar-refractivity contribution is 6.07. The summed E-state index contributed by atoms with van der Waals surface area (Å²) in [6.45, 7) is 0.945. The van der Waals surface area contributed by atoms with Crippen LogP contribution in [0.1, 0.15) is 10.4 Å². The van der Waals surface area contributed by atoms with Crippen LogP contribution >= 0.6 is 0 Å². The topological polar surface area (TPSA) is 75.8 Å². The van der Waals surface area contributed by atoms with Crippen LogP contribution in [-0.2, 0) is 4.74 Å². The molecule has 0 aliphatic heterocycles. The zero-order chi connectivity index (χ0) is 17.6. The number of nitrogens with zero attached hydrogens (tertiary/aromatic N) is 2. The number of aliphatic hydroxyl groups is 1. The van der Waals surface area contributed by atoms with Crippen LogP contribution in [0.3, 0.4) is 0 Å². The van der Waals surface area contributed by atoms with Gasteiger partial charge in [0.05, 0.1) is 30.6 Å². The smallest absolute Gasteiger partial charge is 0.254 e. The largest absolute Gasteiger partial charge is 0.463 e. The maximum absolute atomic E-state index is 13.1. The fraction of sp³-hybridized carbons (Fsp3) is 0.263. The SMILES string of the molecule is COCCN(CCO)C(=O)c1cc(-c2ccco2)nc2ccccc12. The molecule has 0 bridgehead atoms. The fourth-order valence-corrected chi connectivity index (χ4v) is 2.71. The molecule has 0 atom stereocenters. The van der Waals surface area contributed by atoms with Gasteiger partial charge in [-0.15, -0.1) is 0 Å². The van der Waals surface area contributed by atoms with E-state index in [0.717, 1.165) is 10.9 Å². The van der Waals surface area contributed by atoms with E-state index in [-0.39, 0.29) is 19.1 Å². The molecular formula is C19H20N2O4. The summed E-state index contributed by atoms with van der Waals surface area (Å²) in [5.74, 6) is 0.433. The number of hydrogen-bond donors (Lipinski definition) is 1. The van der Waals surface area contributed by atoms with Crippen molar-refractivity contribution in [2.45, 2.75) is 0 Å². The molecule has 2 aromatic heterocycles. The van der Waals surface area contributed by atoms with Crippen molar-refractivity contribution in [1.82, 2.24) is 9.88 Å². The fourth-order valence-electron chi connectivity index (χ4n) is 2.71. The van der Waals surface area contributed by atoms with E-state index in [1.54, 1.807) is 30.4 Å². The summed E-state index contributed by atoms with van der Waals surface area (Å²) in [7, 11) is 1.58. The first-order valence-electron chi connectivity index (χ1n) is 8.07. The Bertz CT molecular complexity index is 846. The number of aromatic nitrogens is 1. The minimum atomic E-state index is -0.169. The number of fused-ring (bicyclic) bond motifs is 1. The maximum Gasteiger partial charge on any atom is 0.254 e. The lowest BCUT2D eigenvalue weighted by molar-refractivity contribution is 0.0658. The molecular weight excluding hydrogens is 320 g/mol. The molecule has 3 rings (SSSR count). The lowest BCUT2D eigenvalue weighted by atomic mass is 10.1. The van der Waals surface area contributed by atoms with E-state index < -0.39 is 0 Å². The van der Waals surface area contributed by atoms with Crippen LogP contribution in [0.5, 0.6) is 0 Å². The summed E-state index contributed by atoms with van der Waals surface area (Å²) in [5, 5.41) is 10.1. The number of furan rings is 1. The zero-order valence-electron chi connectivity index (χ0n) is 14.0. The average molecular weight is 340 g/mol. The quantitative estimate of drug-likeness (QED) is 0.715. The van der Waals surface area contributed by atoms with Gasteiger partial charge in [-0.3, -0.25) is 4.79 Å². The number of amides is 1. The Labute approximate surface area is 145 Å². The Kier molecular flexibility index (Phi) is 5.42. The van der Waals surface area contributed by atoms with Crippen LogP contribution in [0.2, 0.25) is 0 Å². The molecule has 0 saturated heterocycles. The molecule has 0 aliphatic carbocycles. The predicted molar refractivity (Wildman–Crippen MR) is 94.3 cm³/mol. The van der Waals surface area contributed by atoms with Crippen LogP contribution in [0.25, 0.3) is 22.4 Å². The predicted octanol–water partition coefficient (Wildman–Crippen LogP) is 2.58. The van der Waals surface area contributed by atoms with E-state index in [0.29, 0.717) is 30.2 Å². The van der Waals surface area contributed by atoms with Crippen molar-refractivity contribution in [3.05, 3.63) is 54.3 Å². The number of aliphatic hydroxyl groups excluding tert-OH is 1. The number of para-hydroxylation sites is 1. The van der Waals surface area contributed by atoms with Gasteiger partial charge >= 0.3 is 0 Å². The Morgan fingerprint density at radius 3 is 2.80 bits per heavy atom. The molecule has 2 heterocycles. The number of rotatable bonds is 7. The molecule has 6 nitrogen and oxygen atoms in total. The van der Waals surface area contributed by atoms with Gasteiger partial charge < -0.3 is 19.2 Å². The van der Waals surface area contributed by atoms with Crippen LogP contribution in [0, 0.1) is 0 Å². The molecule has 1 amide bonds. The van der Waals surface area contributed by atoms with Crippen LogP contribution in [0.4, 0.5) is 0 Å². The second-order valence-corrected chi connectivity index (χ2v) is 5.56. The minimum absolute atomic E-state index is 0.108. The number of ether oxygens (including phenoxy) is 1. The lowest BCUT2D eigenvalue weighted by Crippen LogP contribution is -2.36. The number of methoxy groups -OCH3 is 1. The first-order valence-corrected chi connectivity index (χ1v) is 8.07. The third-order valence-electron chi connectivity index (χ3n) is 3.94. The molecule has 0 saturated carbocycles. The summed E-state index contributed by atoms with van der Waals surface area (Å²) < 4.78 is 10.5. The van der Waals surface area contributed by atoms with Crippen LogP contribution < -0.4 is 0 Å². The number of pyridine rings is 1. The highest BCUT2D eigenvalue weighted by Crippen LogP contribution is 2.26. The van der Waals surface area contributed by atoms with E-state index in [9.17, 15) is 9.90 Å². The van der Waals surface area contributed by atoms with E-state index in [1.807, 2.05) is 30.3 Å². The molecule has 130 valence electrons. The highest BCUT2D eigenvalue weighted by atomic mass is 16.5. The Morgan fingerprint density at radius 2 is 2.08 bits per heavy atom. The van der Waals surface area contributed by atoms with Crippen LogP contribution in [0.15, 0.2) is 53.1 Å². The van der Waals surface area contributed by atoms with Crippen molar-refractivity contribution in [3.8, 4) is 11.5 Å². The van der Waals surface area contributed by atoms with Gasteiger partial charge in [-0.1, -0.05) is 18.2 Å². The number of carbonyl (C=O) groups is 1. The number of benzene rings is 1. The Hall–Kier alpha value is -2.70. The van der Waals surface area contributed by atoms with Gasteiger partial charge in [0.1, 0.15) is 5.69 Å². The van der Waals surface area contributed by atoms with Gasteiger partial charge in [0, 0.05) is 25.6 Å². The standard InChI is InChI=1S/C19H20N2O4/c1-24-12-9-21(8-10-22)19(23)15-13-17(18-7-4-11-25-18)20-16-6-3-2-5-14(15)16/h2-7,11,13,22H,8-10,12H2,1H3. The van der Waals surface area contributed by atoms with Crippen molar-refractivity contribution >= 4 is 16.8 Å². The molecule has 25 heavy (non-hydrogen) atoms. The van der Waals surface area contributed by atoms with Gasteiger partial charge in [-0.05, 0) is 24.3 Å². The second-order valence-electron chi connectivity index (χ2n) is 5.56. The molecule has 0 radical (unpaired) electrons. The molecule has 3 aromatic rings. The van der Waals surface area contributed by atoms with Crippen molar-refractivity contribution in [2.75, 3.05) is 33.4 Å². The summed E-state index contributed by atoms with van der Waals surface area (Å²) >= 11 is 0. The van der Waals surface area contributed by atoms with Crippen molar-refractivity contribution < 1.29 is 19.1 Å².